The Morgan fingerprint density at radius 1 is 1.25 bits per heavy atom. The zero-order valence-corrected chi connectivity index (χ0v) is 7.53. The molecule has 2 aromatic rings. The van der Waals surface area contributed by atoms with Crippen molar-refractivity contribution in [3.05, 3.63) is 18.3 Å². The molecule has 2 aromatic heterocycles. The molecule has 0 aliphatic heterocycles. The highest BCUT2D eigenvalue weighted by Gasteiger charge is 2.07. The fourth-order valence-corrected chi connectivity index (χ4v) is 1.52. The van der Waals surface area contributed by atoms with Gasteiger partial charge in [-0.2, -0.15) is 0 Å². The molecule has 0 N–H and O–H groups in total. The van der Waals surface area contributed by atoms with Crippen molar-refractivity contribution < 1.29 is 4.74 Å². The maximum atomic E-state index is 5.19. The lowest BCUT2D eigenvalue weighted by Crippen LogP contribution is -1.91. The normalized spacial score (nSPS) is 10.9. The fraction of sp³-hybridized carbons (Fsp3) is 0.333. The number of rotatable bonds is 1. The van der Waals surface area contributed by atoms with Crippen LogP contribution in [-0.2, 0) is 14.1 Å². The van der Waals surface area contributed by atoms with E-state index in [2.05, 4.69) is 10.6 Å². The van der Waals surface area contributed by atoms with Gasteiger partial charge in [-0.25, -0.2) is 0 Å². The van der Waals surface area contributed by atoms with Crippen LogP contribution in [0.3, 0.4) is 0 Å². The monoisotopic (exact) mass is 164 g/mol. The number of hydrogen-bond acceptors (Lipinski definition) is 1. The molecule has 12 heavy (non-hydrogen) atoms. The van der Waals surface area contributed by atoms with Crippen LogP contribution in [0.25, 0.3) is 11.0 Å². The molecule has 0 spiro atoms. The number of hydrogen-bond donors (Lipinski definition) is 0. The lowest BCUT2D eigenvalue weighted by molar-refractivity contribution is 0.384. The van der Waals surface area contributed by atoms with E-state index < -0.39 is 0 Å². The van der Waals surface area contributed by atoms with Crippen molar-refractivity contribution in [2.24, 2.45) is 14.1 Å². The van der Waals surface area contributed by atoms with Crippen molar-refractivity contribution in [2.75, 3.05) is 7.11 Å². The van der Waals surface area contributed by atoms with E-state index in [1.165, 1.54) is 11.0 Å². The molecule has 0 bridgehead atoms. The van der Waals surface area contributed by atoms with Crippen LogP contribution >= 0.6 is 0 Å². The van der Waals surface area contributed by atoms with E-state index in [0.29, 0.717) is 0 Å². The maximum Gasteiger partial charge on any atom is 0.195 e. The molecule has 0 saturated carbocycles. The predicted molar refractivity (Wildman–Crippen MR) is 48.4 cm³/mol. The highest BCUT2D eigenvalue weighted by atomic mass is 16.5. The summed E-state index contributed by atoms with van der Waals surface area (Å²) in [5, 5.41) is 0. The quantitative estimate of drug-likeness (QED) is 0.625. The average molecular weight is 164 g/mol. The Labute approximate surface area is 71.2 Å². The van der Waals surface area contributed by atoms with Gasteiger partial charge in [0, 0.05) is 26.4 Å². The molecule has 0 fully saturated rings. The van der Waals surface area contributed by atoms with Gasteiger partial charge in [-0.3, -0.25) is 0 Å². The van der Waals surface area contributed by atoms with E-state index in [-0.39, 0.29) is 0 Å². The molecule has 0 radical (unpaired) electrons. The molecule has 2 rings (SSSR count). The molecule has 0 aromatic carbocycles. The van der Waals surface area contributed by atoms with Crippen LogP contribution in [0.1, 0.15) is 0 Å². The molecular weight excluding hydrogens is 152 g/mol. The second-order valence-corrected chi connectivity index (χ2v) is 2.94. The molecule has 0 amide bonds. The summed E-state index contributed by atoms with van der Waals surface area (Å²) in [4.78, 5) is 0. The zero-order chi connectivity index (χ0) is 8.72. The van der Waals surface area contributed by atoms with Crippen LogP contribution in [0, 0.1) is 0 Å². The minimum Gasteiger partial charge on any atom is -0.482 e. The van der Waals surface area contributed by atoms with Crippen LogP contribution in [-0.4, -0.2) is 16.2 Å². The van der Waals surface area contributed by atoms with E-state index in [1.807, 2.05) is 30.9 Å². The lowest BCUT2D eigenvalue weighted by Gasteiger charge is -1.99. The molecular formula is C9H12N2O. The molecule has 2 heterocycles. The smallest absolute Gasteiger partial charge is 0.195 e. The van der Waals surface area contributed by atoms with Gasteiger partial charge in [0.2, 0.25) is 0 Å². The first-order valence-electron chi connectivity index (χ1n) is 3.89. The topological polar surface area (TPSA) is 19.1 Å². The number of ether oxygens (including phenoxy) is 1. The number of nitrogens with zero attached hydrogens (tertiary/aromatic N) is 2. The van der Waals surface area contributed by atoms with Crippen LogP contribution in [0.5, 0.6) is 5.88 Å². The summed E-state index contributed by atoms with van der Waals surface area (Å²) >= 11 is 0. The highest BCUT2D eigenvalue weighted by molar-refractivity contribution is 5.79. The third kappa shape index (κ3) is 0.763. The van der Waals surface area contributed by atoms with Gasteiger partial charge in [-0.15, -0.1) is 0 Å². The standard InChI is InChI=1S/C9H12N2O/c1-10-5-4-7-8(10)6-9(12-3)11(7)2/h4-6H,1-3H3. The van der Waals surface area contributed by atoms with Gasteiger partial charge >= 0.3 is 0 Å². The van der Waals surface area contributed by atoms with Gasteiger partial charge in [0.25, 0.3) is 0 Å². The van der Waals surface area contributed by atoms with E-state index in [4.69, 9.17) is 4.74 Å². The van der Waals surface area contributed by atoms with Crippen molar-refractivity contribution in [3.63, 3.8) is 0 Å². The molecule has 0 atom stereocenters. The molecule has 3 nitrogen and oxygen atoms in total. The van der Waals surface area contributed by atoms with E-state index >= 15 is 0 Å². The Balaban J connectivity index is 2.79. The maximum absolute atomic E-state index is 5.19. The Kier molecular flexibility index (Phi) is 1.40. The number of methoxy groups -OCH3 is 1. The SMILES string of the molecule is COc1cc2c(ccn2C)n1C. The summed E-state index contributed by atoms with van der Waals surface area (Å²) in [6.07, 6.45) is 2.05. The van der Waals surface area contributed by atoms with Gasteiger partial charge in [0.1, 0.15) is 0 Å². The minimum atomic E-state index is 0.899. The molecule has 0 aliphatic carbocycles. The van der Waals surface area contributed by atoms with E-state index in [9.17, 15) is 0 Å². The summed E-state index contributed by atoms with van der Waals surface area (Å²) in [6.45, 7) is 0. The third-order valence-corrected chi connectivity index (χ3v) is 2.26. The molecule has 0 aliphatic rings. The lowest BCUT2D eigenvalue weighted by atomic mass is 10.5. The van der Waals surface area contributed by atoms with Crippen molar-refractivity contribution in [2.45, 2.75) is 0 Å². The van der Waals surface area contributed by atoms with Gasteiger partial charge in [-0.05, 0) is 6.07 Å². The van der Waals surface area contributed by atoms with Crippen LogP contribution in [0.2, 0.25) is 0 Å². The first-order valence-corrected chi connectivity index (χ1v) is 3.89. The second-order valence-electron chi connectivity index (χ2n) is 2.94. The summed E-state index contributed by atoms with van der Waals surface area (Å²) in [7, 11) is 5.72. The number of aryl methyl sites for hydroxylation is 2. The average Bonchev–Trinajstić information content (AvgIpc) is 2.55. The van der Waals surface area contributed by atoms with Gasteiger partial charge in [0.15, 0.2) is 5.88 Å². The summed E-state index contributed by atoms with van der Waals surface area (Å²) in [5.74, 6) is 0.899. The van der Waals surface area contributed by atoms with E-state index in [0.717, 1.165) is 5.88 Å². The molecule has 0 unspecified atom stereocenters. The number of fused-ring (bicyclic) bond motifs is 1. The van der Waals surface area contributed by atoms with Crippen LogP contribution in [0.15, 0.2) is 18.3 Å². The predicted octanol–water partition coefficient (Wildman–Crippen LogP) is 1.53. The third-order valence-electron chi connectivity index (χ3n) is 2.26. The fourth-order valence-electron chi connectivity index (χ4n) is 1.52. The first kappa shape index (κ1) is 7.28. The van der Waals surface area contributed by atoms with Crippen LogP contribution < -0.4 is 4.74 Å². The summed E-state index contributed by atoms with van der Waals surface area (Å²) < 4.78 is 9.31. The molecule has 3 heteroatoms. The minimum absolute atomic E-state index is 0.899. The van der Waals surface area contributed by atoms with Crippen LogP contribution in [0.4, 0.5) is 0 Å². The number of aromatic nitrogens is 2. The highest BCUT2D eigenvalue weighted by Crippen LogP contribution is 2.23. The Morgan fingerprint density at radius 2 is 2.00 bits per heavy atom. The Bertz CT molecular complexity index is 411. The largest absolute Gasteiger partial charge is 0.482 e. The first-order chi connectivity index (χ1) is 5.74. The summed E-state index contributed by atoms with van der Waals surface area (Å²) in [6, 6.07) is 4.12. The molecule has 64 valence electrons. The van der Waals surface area contributed by atoms with Gasteiger partial charge in [-0.1, -0.05) is 0 Å². The van der Waals surface area contributed by atoms with Crippen molar-refractivity contribution in [3.8, 4) is 5.88 Å². The summed E-state index contributed by atoms with van der Waals surface area (Å²) in [5.41, 5.74) is 2.41. The zero-order valence-electron chi connectivity index (χ0n) is 7.53. The van der Waals surface area contributed by atoms with Crippen molar-refractivity contribution >= 4 is 11.0 Å². The Morgan fingerprint density at radius 3 is 2.58 bits per heavy atom. The van der Waals surface area contributed by atoms with E-state index in [1.54, 1.807) is 7.11 Å². The van der Waals surface area contributed by atoms with Gasteiger partial charge < -0.3 is 13.9 Å². The van der Waals surface area contributed by atoms with Gasteiger partial charge in [0.05, 0.1) is 18.1 Å². The Hall–Kier alpha value is -1.38. The van der Waals surface area contributed by atoms with Crippen molar-refractivity contribution in [1.82, 2.24) is 9.13 Å². The second kappa shape index (κ2) is 2.30. The van der Waals surface area contributed by atoms with Crippen molar-refractivity contribution in [1.29, 1.82) is 0 Å². The molecule has 0 saturated heterocycles.